The fraction of sp³-hybridized carbons (Fsp3) is 0.579. The lowest BCUT2D eigenvalue weighted by molar-refractivity contribution is -0.128. The van der Waals surface area contributed by atoms with E-state index in [9.17, 15) is 9.59 Å². The number of anilines is 1. The Labute approximate surface area is 144 Å². The Morgan fingerprint density at radius 3 is 2.42 bits per heavy atom. The van der Waals surface area contributed by atoms with Gasteiger partial charge in [-0.25, -0.2) is 0 Å². The van der Waals surface area contributed by atoms with E-state index in [4.69, 9.17) is 4.74 Å². The maximum absolute atomic E-state index is 12.4. The third-order valence-corrected chi connectivity index (χ3v) is 4.58. The molecule has 1 aromatic carbocycles. The van der Waals surface area contributed by atoms with Gasteiger partial charge in [0.25, 0.3) is 0 Å². The molecule has 24 heavy (non-hydrogen) atoms. The van der Waals surface area contributed by atoms with Crippen LogP contribution in [0.5, 0.6) is 0 Å². The second kappa shape index (κ2) is 9.42. The quantitative estimate of drug-likeness (QED) is 0.755. The summed E-state index contributed by atoms with van der Waals surface area (Å²) in [5.41, 5.74) is 1.97. The number of nitrogens with one attached hydrogen (secondary N) is 2. The number of rotatable bonds is 7. The van der Waals surface area contributed by atoms with Crippen molar-refractivity contribution in [2.75, 3.05) is 25.6 Å². The topological polar surface area (TPSA) is 67.4 Å². The van der Waals surface area contributed by atoms with Gasteiger partial charge in [-0.15, -0.1) is 0 Å². The lowest BCUT2D eigenvalue weighted by atomic mass is 9.81. The van der Waals surface area contributed by atoms with Gasteiger partial charge in [0, 0.05) is 37.8 Å². The molecule has 0 atom stereocenters. The minimum absolute atomic E-state index is 0.00283. The first-order valence-corrected chi connectivity index (χ1v) is 8.74. The summed E-state index contributed by atoms with van der Waals surface area (Å²) in [7, 11) is 1.66. The van der Waals surface area contributed by atoms with Gasteiger partial charge in [-0.1, -0.05) is 12.1 Å². The number of hydrogen-bond acceptors (Lipinski definition) is 3. The van der Waals surface area contributed by atoms with Gasteiger partial charge in [0.2, 0.25) is 11.8 Å². The number of amides is 2. The molecule has 2 amide bonds. The molecule has 0 bridgehead atoms. The van der Waals surface area contributed by atoms with Crippen molar-refractivity contribution in [2.24, 2.45) is 11.8 Å². The zero-order valence-electron chi connectivity index (χ0n) is 14.6. The molecular formula is C19H28N2O3. The molecule has 5 nitrogen and oxygen atoms in total. The zero-order chi connectivity index (χ0) is 17.4. The van der Waals surface area contributed by atoms with Crippen molar-refractivity contribution >= 4 is 17.5 Å². The van der Waals surface area contributed by atoms with Crippen LogP contribution < -0.4 is 10.6 Å². The summed E-state index contributed by atoms with van der Waals surface area (Å²) >= 11 is 0. The molecule has 0 saturated heterocycles. The summed E-state index contributed by atoms with van der Waals surface area (Å²) in [4.78, 5) is 24.5. The summed E-state index contributed by atoms with van der Waals surface area (Å²) < 4.78 is 4.97. The van der Waals surface area contributed by atoms with Crippen molar-refractivity contribution < 1.29 is 14.3 Å². The van der Waals surface area contributed by atoms with E-state index in [0.29, 0.717) is 13.2 Å². The van der Waals surface area contributed by atoms with Gasteiger partial charge in [-0.2, -0.15) is 0 Å². The van der Waals surface area contributed by atoms with E-state index >= 15 is 0 Å². The normalized spacial score (nSPS) is 20.4. The largest absolute Gasteiger partial charge is 0.385 e. The first kappa shape index (κ1) is 18.5. The highest BCUT2D eigenvalue weighted by Gasteiger charge is 2.29. The van der Waals surface area contributed by atoms with Gasteiger partial charge in [0.05, 0.1) is 0 Å². The number of benzene rings is 1. The number of ether oxygens (including phenoxy) is 1. The Morgan fingerprint density at radius 2 is 1.79 bits per heavy atom. The van der Waals surface area contributed by atoms with E-state index in [1.54, 1.807) is 7.11 Å². The molecule has 0 radical (unpaired) electrons. The zero-order valence-corrected chi connectivity index (χ0v) is 14.6. The van der Waals surface area contributed by atoms with Crippen LogP contribution in [0.3, 0.4) is 0 Å². The van der Waals surface area contributed by atoms with Crippen LogP contribution in [-0.2, 0) is 14.3 Å². The van der Waals surface area contributed by atoms with Gasteiger partial charge >= 0.3 is 0 Å². The first-order chi connectivity index (χ1) is 11.6. The smallest absolute Gasteiger partial charge is 0.227 e. The van der Waals surface area contributed by atoms with Crippen LogP contribution in [0, 0.1) is 18.8 Å². The lowest BCUT2D eigenvalue weighted by Crippen LogP contribution is -2.36. The monoisotopic (exact) mass is 332 g/mol. The second-order valence-electron chi connectivity index (χ2n) is 6.54. The Hall–Kier alpha value is -1.88. The van der Waals surface area contributed by atoms with Crippen LogP contribution in [0.15, 0.2) is 24.3 Å². The van der Waals surface area contributed by atoms with Gasteiger partial charge in [0.1, 0.15) is 0 Å². The molecular weight excluding hydrogens is 304 g/mol. The third-order valence-electron chi connectivity index (χ3n) is 4.58. The second-order valence-corrected chi connectivity index (χ2v) is 6.54. The Kier molecular flexibility index (Phi) is 7.25. The Balaban J connectivity index is 1.73. The van der Waals surface area contributed by atoms with E-state index in [1.807, 2.05) is 31.2 Å². The van der Waals surface area contributed by atoms with E-state index in [2.05, 4.69) is 10.6 Å². The molecule has 2 N–H and O–H groups in total. The van der Waals surface area contributed by atoms with E-state index in [-0.39, 0.29) is 23.7 Å². The molecule has 2 rings (SSSR count). The van der Waals surface area contributed by atoms with E-state index in [1.165, 1.54) is 0 Å². The average molecular weight is 332 g/mol. The van der Waals surface area contributed by atoms with Crippen LogP contribution in [0.4, 0.5) is 5.69 Å². The summed E-state index contributed by atoms with van der Waals surface area (Å²) in [5.74, 6) is 0.224. The van der Waals surface area contributed by atoms with Gasteiger partial charge in [-0.3, -0.25) is 9.59 Å². The Bertz CT molecular complexity index is 551. The van der Waals surface area contributed by atoms with Crippen LogP contribution in [0.1, 0.15) is 37.7 Å². The van der Waals surface area contributed by atoms with Crippen molar-refractivity contribution in [3.8, 4) is 0 Å². The molecule has 0 spiro atoms. The van der Waals surface area contributed by atoms with Crippen LogP contribution in [0.25, 0.3) is 0 Å². The molecule has 0 aromatic heterocycles. The average Bonchev–Trinajstić information content (AvgIpc) is 2.58. The summed E-state index contributed by atoms with van der Waals surface area (Å²) in [5, 5.41) is 5.95. The van der Waals surface area contributed by atoms with E-state index < -0.39 is 0 Å². The third kappa shape index (κ3) is 5.64. The van der Waals surface area contributed by atoms with Crippen LogP contribution in [0.2, 0.25) is 0 Å². The number of methoxy groups -OCH3 is 1. The van der Waals surface area contributed by atoms with Gasteiger partial charge in [-0.05, 0) is 56.7 Å². The van der Waals surface area contributed by atoms with Gasteiger partial charge in [0.15, 0.2) is 0 Å². The fourth-order valence-corrected chi connectivity index (χ4v) is 3.16. The SMILES string of the molecule is COCCCNC(=O)C1CCC(C(=O)Nc2cccc(C)c2)CC1. The maximum Gasteiger partial charge on any atom is 0.227 e. The molecule has 0 aliphatic heterocycles. The van der Waals surface area contributed by atoms with E-state index in [0.717, 1.165) is 43.4 Å². The predicted molar refractivity (Wildman–Crippen MR) is 94.8 cm³/mol. The highest BCUT2D eigenvalue weighted by atomic mass is 16.5. The summed E-state index contributed by atoms with van der Waals surface area (Å²) in [6.45, 7) is 3.32. The summed E-state index contributed by atoms with van der Waals surface area (Å²) in [6.07, 6.45) is 3.93. The number of carbonyl (C=O) groups excluding carboxylic acids is 2. The molecule has 5 heteroatoms. The van der Waals surface area contributed by atoms with Crippen LogP contribution >= 0.6 is 0 Å². The standard InChI is InChI=1S/C19H28N2O3/c1-14-5-3-6-17(13-14)21-19(23)16-9-7-15(8-10-16)18(22)20-11-4-12-24-2/h3,5-6,13,15-16H,4,7-12H2,1-2H3,(H,20,22)(H,21,23). The molecule has 132 valence electrons. The molecule has 1 aliphatic rings. The molecule has 0 heterocycles. The molecule has 1 aliphatic carbocycles. The maximum atomic E-state index is 12.4. The molecule has 1 saturated carbocycles. The number of carbonyl (C=O) groups is 2. The highest BCUT2D eigenvalue weighted by molar-refractivity contribution is 5.92. The van der Waals surface area contributed by atoms with Crippen molar-refractivity contribution in [3.05, 3.63) is 29.8 Å². The minimum Gasteiger partial charge on any atom is -0.385 e. The number of aryl methyl sites for hydroxylation is 1. The first-order valence-electron chi connectivity index (χ1n) is 8.74. The molecule has 1 fully saturated rings. The van der Waals surface area contributed by atoms with Crippen molar-refractivity contribution in [1.29, 1.82) is 0 Å². The van der Waals surface area contributed by atoms with Crippen molar-refractivity contribution in [2.45, 2.75) is 39.0 Å². The van der Waals surface area contributed by atoms with Crippen molar-refractivity contribution in [3.63, 3.8) is 0 Å². The van der Waals surface area contributed by atoms with Crippen LogP contribution in [-0.4, -0.2) is 32.1 Å². The Morgan fingerprint density at radius 1 is 1.12 bits per heavy atom. The number of hydrogen-bond donors (Lipinski definition) is 2. The lowest BCUT2D eigenvalue weighted by Gasteiger charge is -2.27. The molecule has 0 unspecified atom stereocenters. The minimum atomic E-state index is 0.00283. The van der Waals surface area contributed by atoms with Gasteiger partial charge < -0.3 is 15.4 Å². The summed E-state index contributed by atoms with van der Waals surface area (Å²) in [6, 6.07) is 7.82. The highest BCUT2D eigenvalue weighted by Crippen LogP contribution is 2.30. The predicted octanol–water partition coefficient (Wildman–Crippen LogP) is 2.89. The molecule has 1 aromatic rings. The fourth-order valence-electron chi connectivity index (χ4n) is 3.16. The van der Waals surface area contributed by atoms with Crippen molar-refractivity contribution in [1.82, 2.24) is 5.32 Å².